The normalized spacial score (nSPS) is 10.7. The average molecular weight is 315 g/mol. The Balaban J connectivity index is 0.00000361. The van der Waals surface area contributed by atoms with E-state index in [9.17, 15) is 18.5 Å². The molecule has 0 radical (unpaired) electrons. The molecular formula is C10H14NNaO7S. The van der Waals surface area contributed by atoms with E-state index in [1.165, 1.54) is 0 Å². The topological polar surface area (TPSA) is 116 Å². The van der Waals surface area contributed by atoms with E-state index in [4.69, 9.17) is 14.0 Å². The standard InChI is InChI=1S/C10H13NO7S.Na.H/c1-2-17-5-6-18-9-4-3-8(11(12)13)7-10(9)19(14,15)16;;/h3-4,7H,2,5-6H2,1H3,(H,14,15,16);;. The Bertz CT molecular complexity index is 561. The van der Waals surface area contributed by atoms with Crippen LogP contribution in [0, 0.1) is 10.1 Å². The molecule has 0 aliphatic heterocycles. The van der Waals surface area contributed by atoms with Crippen molar-refractivity contribution in [2.75, 3.05) is 19.8 Å². The summed E-state index contributed by atoms with van der Waals surface area (Å²) >= 11 is 0. The zero-order valence-corrected chi connectivity index (χ0v) is 10.9. The van der Waals surface area contributed by atoms with E-state index in [2.05, 4.69) is 0 Å². The van der Waals surface area contributed by atoms with E-state index in [0.29, 0.717) is 6.61 Å². The first-order valence-corrected chi connectivity index (χ1v) is 6.76. The fraction of sp³-hybridized carbons (Fsp3) is 0.400. The van der Waals surface area contributed by atoms with Gasteiger partial charge in [-0.25, -0.2) is 0 Å². The van der Waals surface area contributed by atoms with E-state index in [0.717, 1.165) is 18.2 Å². The molecule has 0 aliphatic rings. The molecule has 0 aromatic heterocycles. The summed E-state index contributed by atoms with van der Waals surface area (Å²) in [5.41, 5.74) is -0.454. The molecule has 0 bridgehead atoms. The first-order chi connectivity index (χ1) is 8.86. The first-order valence-electron chi connectivity index (χ1n) is 5.32. The van der Waals surface area contributed by atoms with Crippen LogP contribution in [0.4, 0.5) is 5.69 Å². The second-order valence-corrected chi connectivity index (χ2v) is 4.80. The number of nitrogens with zero attached hydrogens (tertiary/aromatic N) is 1. The first kappa shape index (κ1) is 19.3. The Morgan fingerprint density at radius 1 is 1.35 bits per heavy atom. The van der Waals surface area contributed by atoms with Gasteiger partial charge in [-0.15, -0.1) is 0 Å². The minimum atomic E-state index is -4.60. The summed E-state index contributed by atoms with van der Waals surface area (Å²) in [6.07, 6.45) is 0. The molecule has 8 nitrogen and oxygen atoms in total. The second-order valence-electron chi connectivity index (χ2n) is 3.41. The van der Waals surface area contributed by atoms with Crippen molar-refractivity contribution in [3.05, 3.63) is 28.3 Å². The van der Waals surface area contributed by atoms with Crippen LogP contribution in [0.1, 0.15) is 6.92 Å². The van der Waals surface area contributed by atoms with Crippen molar-refractivity contribution in [1.29, 1.82) is 0 Å². The van der Waals surface area contributed by atoms with Crippen LogP contribution in [-0.4, -0.2) is 67.3 Å². The molecule has 0 fully saturated rings. The minimum absolute atomic E-state index is 0. The molecule has 0 atom stereocenters. The number of nitro benzene ring substituents is 1. The van der Waals surface area contributed by atoms with E-state index in [-0.39, 0.29) is 48.5 Å². The molecule has 0 heterocycles. The maximum atomic E-state index is 11.1. The molecule has 0 saturated carbocycles. The number of ether oxygens (including phenoxy) is 2. The van der Waals surface area contributed by atoms with Crippen molar-refractivity contribution < 1.29 is 27.4 Å². The summed E-state index contributed by atoms with van der Waals surface area (Å²) in [6, 6.07) is 2.95. The van der Waals surface area contributed by atoms with Crippen LogP contribution in [0.25, 0.3) is 0 Å². The quantitative estimate of drug-likeness (QED) is 0.257. The Kier molecular flexibility index (Phi) is 8.25. The third-order valence-corrected chi connectivity index (χ3v) is 2.98. The summed E-state index contributed by atoms with van der Waals surface area (Å²) in [7, 11) is -4.60. The predicted octanol–water partition coefficient (Wildman–Crippen LogP) is 0.608. The fourth-order valence-corrected chi connectivity index (χ4v) is 1.94. The second kappa shape index (κ2) is 8.55. The average Bonchev–Trinajstić information content (AvgIpc) is 2.33. The van der Waals surface area contributed by atoms with Gasteiger partial charge < -0.3 is 9.47 Å². The Hall–Kier alpha value is -0.710. The van der Waals surface area contributed by atoms with Gasteiger partial charge in [-0.05, 0) is 13.0 Å². The molecule has 1 N–H and O–H groups in total. The summed E-state index contributed by atoms with van der Waals surface area (Å²) in [5.74, 6) is -0.159. The summed E-state index contributed by atoms with van der Waals surface area (Å²) in [5, 5.41) is 10.6. The van der Waals surface area contributed by atoms with Gasteiger partial charge in [-0.3, -0.25) is 14.7 Å². The molecule has 20 heavy (non-hydrogen) atoms. The Morgan fingerprint density at radius 3 is 2.50 bits per heavy atom. The molecule has 108 valence electrons. The van der Waals surface area contributed by atoms with E-state index in [1.54, 1.807) is 6.92 Å². The van der Waals surface area contributed by atoms with Crippen LogP contribution in [0.2, 0.25) is 0 Å². The third kappa shape index (κ3) is 5.73. The van der Waals surface area contributed by atoms with Gasteiger partial charge in [0.1, 0.15) is 17.3 Å². The van der Waals surface area contributed by atoms with Crippen LogP contribution in [0.15, 0.2) is 23.1 Å². The zero-order valence-electron chi connectivity index (χ0n) is 10.1. The van der Waals surface area contributed by atoms with Crippen molar-refractivity contribution in [3.8, 4) is 5.75 Å². The Labute approximate surface area is 138 Å². The van der Waals surface area contributed by atoms with Crippen molar-refractivity contribution in [1.82, 2.24) is 0 Å². The van der Waals surface area contributed by atoms with Crippen LogP contribution in [-0.2, 0) is 14.9 Å². The van der Waals surface area contributed by atoms with Gasteiger partial charge in [-0.2, -0.15) is 8.42 Å². The number of hydrogen-bond acceptors (Lipinski definition) is 6. The number of benzene rings is 1. The molecule has 0 aliphatic carbocycles. The van der Waals surface area contributed by atoms with Crippen LogP contribution >= 0.6 is 0 Å². The molecule has 1 rings (SSSR count). The van der Waals surface area contributed by atoms with Crippen molar-refractivity contribution in [2.24, 2.45) is 0 Å². The third-order valence-electron chi connectivity index (χ3n) is 2.11. The monoisotopic (exact) mass is 315 g/mol. The van der Waals surface area contributed by atoms with Gasteiger partial charge in [0.05, 0.1) is 11.5 Å². The maximum absolute atomic E-state index is 11.1. The molecule has 1 aromatic carbocycles. The van der Waals surface area contributed by atoms with Crippen LogP contribution in [0.5, 0.6) is 5.75 Å². The predicted molar refractivity (Wildman–Crippen MR) is 72.0 cm³/mol. The fourth-order valence-electron chi connectivity index (χ4n) is 1.29. The number of hydrogen-bond donors (Lipinski definition) is 1. The van der Waals surface area contributed by atoms with Gasteiger partial charge in [0.2, 0.25) is 0 Å². The number of nitro groups is 1. The van der Waals surface area contributed by atoms with Crippen molar-refractivity contribution in [3.63, 3.8) is 0 Å². The van der Waals surface area contributed by atoms with E-state index >= 15 is 0 Å². The Morgan fingerprint density at radius 2 is 2.00 bits per heavy atom. The van der Waals surface area contributed by atoms with Crippen LogP contribution in [0.3, 0.4) is 0 Å². The molecule has 0 spiro atoms. The van der Waals surface area contributed by atoms with Gasteiger partial charge in [0.15, 0.2) is 0 Å². The molecule has 0 unspecified atom stereocenters. The number of non-ortho nitro benzene ring substituents is 1. The van der Waals surface area contributed by atoms with Gasteiger partial charge in [0.25, 0.3) is 15.8 Å². The molecule has 0 saturated heterocycles. The summed E-state index contributed by atoms with van der Waals surface area (Å²) in [6.45, 7) is 2.57. The van der Waals surface area contributed by atoms with Crippen molar-refractivity contribution in [2.45, 2.75) is 11.8 Å². The van der Waals surface area contributed by atoms with Crippen LogP contribution < -0.4 is 4.74 Å². The zero-order chi connectivity index (χ0) is 14.5. The summed E-state index contributed by atoms with van der Waals surface area (Å²) < 4.78 is 41.4. The van der Waals surface area contributed by atoms with Gasteiger partial charge >= 0.3 is 29.6 Å². The van der Waals surface area contributed by atoms with E-state index in [1.807, 2.05) is 0 Å². The van der Waals surface area contributed by atoms with E-state index < -0.39 is 25.6 Å². The SMILES string of the molecule is CCOCCOc1ccc([N+](=O)[O-])cc1S(=O)(=O)O.[NaH]. The van der Waals surface area contributed by atoms with Crippen molar-refractivity contribution >= 4 is 45.4 Å². The molecule has 10 heteroatoms. The molecule has 1 aromatic rings. The molecular weight excluding hydrogens is 301 g/mol. The summed E-state index contributed by atoms with van der Waals surface area (Å²) in [4.78, 5) is 9.15. The van der Waals surface area contributed by atoms with Gasteiger partial charge in [-0.1, -0.05) is 0 Å². The number of rotatable bonds is 7. The molecule has 0 amide bonds. The van der Waals surface area contributed by atoms with Gasteiger partial charge in [0, 0.05) is 18.7 Å².